The normalized spacial score (nSPS) is 15.2. The number of aryl methyl sites for hydroxylation is 2. The van der Waals surface area contributed by atoms with E-state index in [0.717, 1.165) is 36.1 Å². The molecule has 0 amide bonds. The Kier molecular flexibility index (Phi) is 6.60. The maximum Gasteiger partial charge on any atom is 0.243 e. The van der Waals surface area contributed by atoms with Crippen LogP contribution in [0.1, 0.15) is 30.4 Å². The third kappa shape index (κ3) is 4.84. The van der Waals surface area contributed by atoms with E-state index in [1.165, 1.54) is 0 Å². The molecule has 1 aliphatic heterocycles. The van der Waals surface area contributed by atoms with Gasteiger partial charge in [0.1, 0.15) is 0 Å². The molecule has 0 bridgehead atoms. The molecule has 1 aliphatic rings. The Morgan fingerprint density at radius 2 is 1.54 bits per heavy atom. The van der Waals surface area contributed by atoms with Crippen LogP contribution in [0.4, 0.5) is 11.4 Å². The summed E-state index contributed by atoms with van der Waals surface area (Å²) in [6.45, 7) is 4.89. The smallest absolute Gasteiger partial charge is 0.243 e. The molecule has 0 radical (unpaired) electrons. The molecule has 0 unspecified atom stereocenters. The maximum atomic E-state index is 13.0. The quantitative estimate of drug-likeness (QED) is 0.663. The Morgan fingerprint density at radius 3 is 2.14 bits per heavy atom. The second-order valence-corrected chi connectivity index (χ2v) is 9.71. The third-order valence-electron chi connectivity index (χ3n) is 4.81. The minimum Gasteiger partial charge on any atom is -0.332 e. The largest absolute Gasteiger partial charge is 0.332 e. The fraction of sp³-hybridized carbons (Fsp3) is 0.350. The van der Waals surface area contributed by atoms with E-state index in [1.807, 2.05) is 32.0 Å². The number of thiocarbonyl (C=S) groups is 1. The van der Waals surface area contributed by atoms with Gasteiger partial charge in [-0.2, -0.15) is 4.31 Å². The molecule has 2 aromatic rings. The van der Waals surface area contributed by atoms with Crippen LogP contribution in [0.5, 0.6) is 0 Å². The predicted octanol–water partition coefficient (Wildman–Crippen LogP) is 4.94. The number of nitrogens with one attached hydrogen (secondary N) is 2. The van der Waals surface area contributed by atoms with E-state index in [4.69, 9.17) is 23.8 Å². The lowest BCUT2D eigenvalue weighted by molar-refractivity contribution is 0.346. The van der Waals surface area contributed by atoms with Crippen molar-refractivity contribution in [3.63, 3.8) is 0 Å². The summed E-state index contributed by atoms with van der Waals surface area (Å²) in [6.07, 6.45) is 2.89. The summed E-state index contributed by atoms with van der Waals surface area (Å²) in [4.78, 5) is 0.320. The SMILES string of the molecule is Cc1ccc(NC(=S)Nc2ccc(C)c(S(=O)(=O)N3CCCCC3)c2)cc1Cl. The van der Waals surface area contributed by atoms with Gasteiger partial charge in [0, 0.05) is 29.5 Å². The summed E-state index contributed by atoms with van der Waals surface area (Å²) < 4.78 is 27.7. The Morgan fingerprint density at radius 1 is 0.964 bits per heavy atom. The number of halogens is 1. The van der Waals surface area contributed by atoms with E-state index in [0.29, 0.717) is 33.8 Å². The van der Waals surface area contributed by atoms with Crippen molar-refractivity contribution in [2.24, 2.45) is 0 Å². The molecule has 0 aromatic heterocycles. The van der Waals surface area contributed by atoms with E-state index in [-0.39, 0.29) is 0 Å². The van der Waals surface area contributed by atoms with Gasteiger partial charge in [-0.15, -0.1) is 0 Å². The molecular weight excluding hydrogens is 414 g/mol. The van der Waals surface area contributed by atoms with Gasteiger partial charge in [0.15, 0.2) is 5.11 Å². The molecular formula is C20H24ClN3O2S2. The molecule has 1 fully saturated rings. The second kappa shape index (κ2) is 8.78. The van der Waals surface area contributed by atoms with Crippen molar-refractivity contribution in [2.45, 2.75) is 38.0 Å². The Balaban J connectivity index is 1.77. The van der Waals surface area contributed by atoms with E-state index in [1.54, 1.807) is 22.5 Å². The molecule has 3 rings (SSSR count). The summed E-state index contributed by atoms with van der Waals surface area (Å²) >= 11 is 11.5. The van der Waals surface area contributed by atoms with Gasteiger partial charge in [0.2, 0.25) is 10.0 Å². The van der Waals surface area contributed by atoms with E-state index in [2.05, 4.69) is 10.6 Å². The van der Waals surface area contributed by atoms with Crippen LogP contribution in [-0.4, -0.2) is 30.9 Å². The molecule has 0 atom stereocenters. The predicted molar refractivity (Wildman–Crippen MR) is 120 cm³/mol. The third-order valence-corrected chi connectivity index (χ3v) is 7.46. The van der Waals surface area contributed by atoms with Gasteiger partial charge in [-0.1, -0.05) is 30.2 Å². The summed E-state index contributed by atoms with van der Waals surface area (Å²) in [5, 5.41) is 7.15. The zero-order valence-electron chi connectivity index (χ0n) is 16.0. The van der Waals surface area contributed by atoms with Crippen LogP contribution in [0.15, 0.2) is 41.3 Å². The highest BCUT2D eigenvalue weighted by atomic mass is 35.5. The van der Waals surface area contributed by atoms with Crippen LogP contribution in [0.25, 0.3) is 0 Å². The number of rotatable bonds is 4. The van der Waals surface area contributed by atoms with Gasteiger partial charge in [-0.25, -0.2) is 8.42 Å². The summed E-state index contributed by atoms with van der Waals surface area (Å²) in [5.41, 5.74) is 3.09. The minimum atomic E-state index is -3.51. The van der Waals surface area contributed by atoms with E-state index in [9.17, 15) is 8.42 Å². The summed E-state index contributed by atoms with van der Waals surface area (Å²) in [6, 6.07) is 10.9. The topological polar surface area (TPSA) is 61.4 Å². The molecule has 0 saturated carbocycles. The van der Waals surface area contributed by atoms with Crippen molar-refractivity contribution in [3.8, 4) is 0 Å². The highest BCUT2D eigenvalue weighted by Gasteiger charge is 2.27. The van der Waals surface area contributed by atoms with Crippen molar-refractivity contribution in [1.82, 2.24) is 4.31 Å². The number of hydrogen-bond acceptors (Lipinski definition) is 3. The molecule has 28 heavy (non-hydrogen) atoms. The van der Waals surface area contributed by atoms with Crippen LogP contribution in [0.3, 0.4) is 0 Å². The molecule has 0 aliphatic carbocycles. The van der Waals surface area contributed by atoms with Gasteiger partial charge in [0.05, 0.1) is 4.90 Å². The Hall–Kier alpha value is -1.67. The number of benzene rings is 2. The maximum absolute atomic E-state index is 13.0. The first-order valence-corrected chi connectivity index (χ1v) is 11.4. The highest BCUT2D eigenvalue weighted by Crippen LogP contribution is 2.26. The standard InChI is InChI=1S/C20H24ClN3O2S2/c1-14-6-8-16(12-18(14)21)22-20(27)23-17-9-7-15(2)19(13-17)28(25,26)24-10-4-3-5-11-24/h6-9,12-13H,3-5,10-11H2,1-2H3,(H2,22,23,27). The minimum absolute atomic E-state index is 0.320. The van der Waals surface area contributed by atoms with Gasteiger partial charge >= 0.3 is 0 Å². The highest BCUT2D eigenvalue weighted by molar-refractivity contribution is 7.89. The van der Waals surface area contributed by atoms with Gasteiger partial charge in [-0.3, -0.25) is 0 Å². The first-order valence-electron chi connectivity index (χ1n) is 9.22. The van der Waals surface area contributed by atoms with Crippen molar-refractivity contribution in [2.75, 3.05) is 23.7 Å². The first-order chi connectivity index (χ1) is 13.3. The molecule has 0 spiro atoms. The molecule has 5 nitrogen and oxygen atoms in total. The lowest BCUT2D eigenvalue weighted by atomic mass is 10.2. The number of anilines is 2. The number of nitrogens with zero attached hydrogens (tertiary/aromatic N) is 1. The molecule has 2 N–H and O–H groups in total. The van der Waals surface area contributed by atoms with Crippen molar-refractivity contribution in [3.05, 3.63) is 52.5 Å². The van der Waals surface area contributed by atoms with Gasteiger partial charge < -0.3 is 10.6 Å². The second-order valence-electron chi connectivity index (χ2n) is 6.99. The van der Waals surface area contributed by atoms with E-state index < -0.39 is 10.0 Å². The number of sulfonamides is 1. The Labute approximate surface area is 177 Å². The molecule has 8 heteroatoms. The average Bonchev–Trinajstić information content (AvgIpc) is 2.67. The molecule has 1 heterocycles. The molecule has 2 aromatic carbocycles. The first kappa shape index (κ1) is 21.0. The lowest BCUT2D eigenvalue weighted by Gasteiger charge is -2.26. The monoisotopic (exact) mass is 437 g/mol. The summed E-state index contributed by atoms with van der Waals surface area (Å²) in [7, 11) is -3.51. The molecule has 1 saturated heterocycles. The van der Waals surface area contributed by atoms with Crippen molar-refractivity contribution < 1.29 is 8.42 Å². The van der Waals surface area contributed by atoms with Crippen LogP contribution in [-0.2, 0) is 10.0 Å². The van der Waals surface area contributed by atoms with Crippen LogP contribution < -0.4 is 10.6 Å². The molecule has 150 valence electrons. The number of piperidine rings is 1. The zero-order chi connectivity index (χ0) is 20.3. The van der Waals surface area contributed by atoms with Crippen LogP contribution in [0.2, 0.25) is 5.02 Å². The zero-order valence-corrected chi connectivity index (χ0v) is 18.3. The van der Waals surface area contributed by atoms with Crippen LogP contribution in [0, 0.1) is 13.8 Å². The van der Waals surface area contributed by atoms with Crippen LogP contribution >= 0.6 is 23.8 Å². The average molecular weight is 438 g/mol. The van der Waals surface area contributed by atoms with Gasteiger partial charge in [-0.05, 0) is 74.3 Å². The number of hydrogen-bond donors (Lipinski definition) is 2. The van der Waals surface area contributed by atoms with Crippen molar-refractivity contribution in [1.29, 1.82) is 0 Å². The fourth-order valence-electron chi connectivity index (χ4n) is 3.16. The van der Waals surface area contributed by atoms with E-state index >= 15 is 0 Å². The van der Waals surface area contributed by atoms with Crippen molar-refractivity contribution >= 4 is 50.3 Å². The fourth-order valence-corrected chi connectivity index (χ4v) is 5.35. The summed E-state index contributed by atoms with van der Waals surface area (Å²) in [5.74, 6) is 0. The Bertz CT molecular complexity index is 987. The van der Waals surface area contributed by atoms with Gasteiger partial charge in [0.25, 0.3) is 0 Å². The lowest BCUT2D eigenvalue weighted by Crippen LogP contribution is -2.36.